The van der Waals surface area contributed by atoms with Gasteiger partial charge in [0, 0.05) is 0 Å². The molecule has 112 valence electrons. The number of nitrogens with one attached hydrogen (secondary N) is 1. The maximum atomic E-state index is 12.9. The minimum absolute atomic E-state index is 0.0133. The molecule has 1 rings (SSSR count). The second kappa shape index (κ2) is 6.44. The number of nitrogen functional groups attached to an aromatic ring is 1. The fourth-order valence-corrected chi connectivity index (χ4v) is 1.43. The predicted molar refractivity (Wildman–Crippen MR) is 66.3 cm³/mol. The third kappa shape index (κ3) is 3.75. The zero-order valence-electron chi connectivity index (χ0n) is 10.6. The molecule has 0 aliphatic rings. The van der Waals surface area contributed by atoms with Crippen molar-refractivity contribution in [3.63, 3.8) is 0 Å². The average Bonchev–Trinajstić information content (AvgIpc) is 2.37. The lowest BCUT2D eigenvalue weighted by Gasteiger charge is -2.19. The van der Waals surface area contributed by atoms with Gasteiger partial charge in [-0.1, -0.05) is 6.07 Å². The quantitative estimate of drug-likeness (QED) is 0.481. The highest BCUT2D eigenvalue weighted by atomic mass is 19.3. The summed E-state index contributed by atoms with van der Waals surface area (Å²) in [6, 6.07) is 4.08. The number of para-hydroxylation sites is 1. The van der Waals surface area contributed by atoms with Crippen molar-refractivity contribution in [1.82, 2.24) is 0 Å². The van der Waals surface area contributed by atoms with Crippen LogP contribution in [0, 0.1) is 0 Å². The molecule has 8 heteroatoms. The maximum Gasteiger partial charge on any atom is 0.340 e. The monoisotopic (exact) mass is 294 g/mol. The third-order valence-corrected chi connectivity index (χ3v) is 2.41. The van der Waals surface area contributed by atoms with E-state index in [1.165, 1.54) is 18.2 Å². The van der Waals surface area contributed by atoms with E-state index in [1.807, 2.05) is 0 Å². The van der Waals surface area contributed by atoms with Crippen molar-refractivity contribution in [2.24, 2.45) is 0 Å². The molecule has 0 bridgehead atoms. The van der Waals surface area contributed by atoms with Gasteiger partial charge in [0.25, 0.3) is 0 Å². The van der Waals surface area contributed by atoms with Crippen LogP contribution in [0.15, 0.2) is 18.2 Å². The smallest absolute Gasteiger partial charge is 0.340 e. The highest BCUT2D eigenvalue weighted by Crippen LogP contribution is 2.28. The van der Waals surface area contributed by atoms with Crippen LogP contribution in [-0.2, 0) is 4.74 Å². The molecule has 0 saturated heterocycles. The van der Waals surface area contributed by atoms with Gasteiger partial charge in [-0.05, 0) is 19.1 Å². The molecule has 0 unspecified atom stereocenters. The van der Waals surface area contributed by atoms with Gasteiger partial charge in [0.1, 0.15) is 0 Å². The Morgan fingerprint density at radius 1 is 1.45 bits per heavy atom. The largest absolute Gasteiger partial charge is 0.462 e. The summed E-state index contributed by atoms with van der Waals surface area (Å²) in [5.41, 5.74) is 5.31. The van der Waals surface area contributed by atoms with Crippen LogP contribution in [-0.4, -0.2) is 31.5 Å². The minimum Gasteiger partial charge on any atom is -0.462 e. The van der Waals surface area contributed by atoms with Crippen molar-refractivity contribution >= 4 is 17.3 Å². The van der Waals surface area contributed by atoms with E-state index in [4.69, 9.17) is 10.5 Å². The molecule has 4 nitrogen and oxygen atoms in total. The first kappa shape index (κ1) is 16.1. The van der Waals surface area contributed by atoms with Gasteiger partial charge in [-0.25, -0.2) is 13.6 Å². The Morgan fingerprint density at radius 2 is 2.10 bits per heavy atom. The van der Waals surface area contributed by atoms with Crippen LogP contribution in [0.1, 0.15) is 17.3 Å². The van der Waals surface area contributed by atoms with Crippen LogP contribution >= 0.6 is 0 Å². The van der Waals surface area contributed by atoms with Crippen LogP contribution in [0.4, 0.5) is 28.9 Å². The Bertz CT molecular complexity index is 481. The van der Waals surface area contributed by atoms with Gasteiger partial charge in [0.05, 0.1) is 30.1 Å². The number of carbonyl (C=O) groups excluding carboxylic acids is 1. The van der Waals surface area contributed by atoms with E-state index in [9.17, 15) is 22.4 Å². The van der Waals surface area contributed by atoms with Gasteiger partial charge in [-0.3, -0.25) is 0 Å². The van der Waals surface area contributed by atoms with Gasteiger partial charge in [-0.15, -0.1) is 0 Å². The molecule has 20 heavy (non-hydrogen) atoms. The van der Waals surface area contributed by atoms with Crippen molar-refractivity contribution in [2.75, 3.05) is 24.2 Å². The molecule has 3 N–H and O–H groups in total. The van der Waals surface area contributed by atoms with Crippen molar-refractivity contribution < 1.29 is 27.1 Å². The first-order valence-corrected chi connectivity index (χ1v) is 5.75. The Balaban J connectivity index is 2.97. The average molecular weight is 294 g/mol. The molecule has 0 saturated carbocycles. The predicted octanol–water partition coefficient (Wildman–Crippen LogP) is 2.76. The fourth-order valence-electron chi connectivity index (χ4n) is 1.43. The number of anilines is 2. The summed E-state index contributed by atoms with van der Waals surface area (Å²) < 4.78 is 54.6. The van der Waals surface area contributed by atoms with Crippen LogP contribution in [0.3, 0.4) is 0 Å². The Morgan fingerprint density at radius 3 is 2.65 bits per heavy atom. The zero-order chi connectivity index (χ0) is 15.3. The molecule has 0 heterocycles. The van der Waals surface area contributed by atoms with Crippen molar-refractivity contribution in [1.29, 1.82) is 0 Å². The maximum absolute atomic E-state index is 12.9. The molecule has 0 fully saturated rings. The molecule has 0 aromatic heterocycles. The summed E-state index contributed by atoms with van der Waals surface area (Å²) in [7, 11) is 0. The number of alkyl halides is 4. The number of ether oxygens (including phenoxy) is 1. The molecular weight excluding hydrogens is 280 g/mol. The molecule has 0 amide bonds. The van der Waals surface area contributed by atoms with Gasteiger partial charge < -0.3 is 15.8 Å². The minimum atomic E-state index is -4.23. The SMILES string of the molecule is CCOC(=O)c1cccc(N)c1NCC(F)(F)C(F)F. The molecule has 0 radical (unpaired) electrons. The first-order chi connectivity index (χ1) is 9.29. The van der Waals surface area contributed by atoms with Crippen LogP contribution in [0.25, 0.3) is 0 Å². The number of esters is 1. The molecule has 0 spiro atoms. The number of carbonyl (C=O) groups is 1. The number of hydrogen-bond donors (Lipinski definition) is 2. The van der Waals surface area contributed by atoms with Crippen molar-refractivity contribution in [2.45, 2.75) is 19.3 Å². The fraction of sp³-hybridized carbons (Fsp3) is 0.417. The van der Waals surface area contributed by atoms with E-state index in [0.29, 0.717) is 0 Å². The van der Waals surface area contributed by atoms with E-state index >= 15 is 0 Å². The summed E-state index contributed by atoms with van der Waals surface area (Å²) >= 11 is 0. The topological polar surface area (TPSA) is 64.3 Å². The molecule has 1 aromatic rings. The Labute approximate surface area is 112 Å². The number of benzene rings is 1. The third-order valence-electron chi connectivity index (χ3n) is 2.41. The van der Waals surface area contributed by atoms with Crippen molar-refractivity contribution in [3.8, 4) is 0 Å². The lowest BCUT2D eigenvalue weighted by atomic mass is 10.1. The van der Waals surface area contributed by atoms with E-state index in [1.54, 1.807) is 6.92 Å². The summed E-state index contributed by atoms with van der Waals surface area (Å²) in [6.45, 7) is 0.313. The van der Waals surface area contributed by atoms with Crippen molar-refractivity contribution in [3.05, 3.63) is 23.8 Å². The highest BCUT2D eigenvalue weighted by molar-refractivity contribution is 5.98. The van der Waals surface area contributed by atoms with E-state index < -0.39 is 24.9 Å². The number of rotatable bonds is 6. The normalized spacial score (nSPS) is 11.5. The first-order valence-electron chi connectivity index (χ1n) is 5.75. The zero-order valence-corrected chi connectivity index (χ0v) is 10.6. The summed E-state index contributed by atoms with van der Waals surface area (Å²) in [5.74, 6) is -5.00. The van der Waals surface area contributed by atoms with E-state index in [0.717, 1.165) is 0 Å². The molecule has 0 atom stereocenters. The van der Waals surface area contributed by atoms with Gasteiger partial charge in [0.15, 0.2) is 0 Å². The number of hydrogen-bond acceptors (Lipinski definition) is 4. The molecule has 1 aromatic carbocycles. The van der Waals surface area contributed by atoms with Gasteiger partial charge >= 0.3 is 18.3 Å². The summed E-state index contributed by atoms with van der Waals surface area (Å²) in [4.78, 5) is 11.6. The Hall–Kier alpha value is -1.99. The van der Waals surface area contributed by atoms with E-state index in [-0.39, 0.29) is 23.5 Å². The van der Waals surface area contributed by atoms with Crippen LogP contribution in [0.5, 0.6) is 0 Å². The Kier molecular flexibility index (Phi) is 5.18. The van der Waals surface area contributed by atoms with Crippen LogP contribution in [0.2, 0.25) is 0 Å². The van der Waals surface area contributed by atoms with Crippen LogP contribution < -0.4 is 11.1 Å². The lowest BCUT2D eigenvalue weighted by Crippen LogP contribution is -2.35. The van der Waals surface area contributed by atoms with E-state index in [2.05, 4.69) is 5.32 Å². The summed E-state index contributed by atoms with van der Waals surface area (Å²) in [5, 5.41) is 2.09. The molecule has 0 aliphatic heterocycles. The number of halogens is 4. The number of nitrogens with two attached hydrogens (primary N) is 1. The van der Waals surface area contributed by atoms with Gasteiger partial charge in [0.2, 0.25) is 0 Å². The molecular formula is C12H14F4N2O2. The standard InChI is InChI=1S/C12H14F4N2O2/c1-2-20-10(19)7-4-3-5-8(17)9(7)18-6-12(15,16)11(13)14/h3-5,11,18H,2,6,17H2,1H3. The second-order valence-electron chi connectivity index (χ2n) is 3.91. The second-order valence-corrected chi connectivity index (χ2v) is 3.91. The van der Waals surface area contributed by atoms with Gasteiger partial charge in [-0.2, -0.15) is 8.78 Å². The summed E-state index contributed by atoms with van der Waals surface area (Å²) in [6.07, 6.45) is -3.81. The highest BCUT2D eigenvalue weighted by Gasteiger charge is 2.40. The molecule has 0 aliphatic carbocycles. The lowest BCUT2D eigenvalue weighted by molar-refractivity contribution is -0.117.